The highest BCUT2D eigenvalue weighted by Gasteiger charge is 2.11. The van der Waals surface area contributed by atoms with Crippen molar-refractivity contribution in [1.82, 2.24) is 10.6 Å². The average Bonchev–Trinajstić information content (AvgIpc) is 2.34. The summed E-state index contributed by atoms with van der Waals surface area (Å²) < 4.78 is 0. The van der Waals surface area contributed by atoms with Crippen LogP contribution in [0.4, 0.5) is 0 Å². The first-order valence-electron chi connectivity index (χ1n) is 6.45. The second-order valence-corrected chi connectivity index (χ2v) is 4.81. The van der Waals surface area contributed by atoms with Crippen molar-refractivity contribution in [2.24, 2.45) is 5.73 Å². The molecule has 0 spiro atoms. The number of aliphatic hydroxyl groups is 1. The number of rotatable bonds is 10. The number of carbonyl (C=O) groups is 1. The fraction of sp³-hybridized carbons (Fsp3) is 0.769. The molecule has 18 heavy (non-hydrogen) atoms. The summed E-state index contributed by atoms with van der Waals surface area (Å²) in [6.07, 6.45) is 3.08. The zero-order valence-corrected chi connectivity index (χ0v) is 11.7. The maximum absolute atomic E-state index is 10.9. The van der Waals surface area contributed by atoms with Gasteiger partial charge in [0.05, 0.1) is 11.8 Å². The second kappa shape index (κ2) is 10.1. The minimum atomic E-state index is -0.366. The van der Waals surface area contributed by atoms with Crippen LogP contribution < -0.4 is 16.4 Å². The van der Waals surface area contributed by atoms with Gasteiger partial charge in [0.25, 0.3) is 0 Å². The predicted molar refractivity (Wildman–Crippen MR) is 74.6 cm³/mol. The third-order valence-corrected chi connectivity index (χ3v) is 2.80. The lowest BCUT2D eigenvalue weighted by Gasteiger charge is -2.17. The summed E-state index contributed by atoms with van der Waals surface area (Å²) in [6, 6.07) is -0.329. The molecule has 2 atom stereocenters. The smallest absolute Gasteiger partial charge is 0.137 e. The molecular weight excluding hydrogens is 230 g/mol. The molecule has 0 aliphatic carbocycles. The van der Waals surface area contributed by atoms with Crippen molar-refractivity contribution in [2.45, 2.75) is 45.2 Å². The molecule has 0 saturated carbocycles. The summed E-state index contributed by atoms with van der Waals surface area (Å²) in [6.45, 7) is 5.17. The van der Waals surface area contributed by atoms with Crippen molar-refractivity contribution in [2.75, 3.05) is 20.1 Å². The molecule has 0 aliphatic rings. The zero-order valence-electron chi connectivity index (χ0n) is 11.7. The van der Waals surface area contributed by atoms with E-state index in [1.807, 2.05) is 20.9 Å². The quantitative estimate of drug-likeness (QED) is 0.263. The molecule has 5 heteroatoms. The van der Waals surface area contributed by atoms with Crippen molar-refractivity contribution in [3.8, 4) is 0 Å². The molecule has 0 bridgehead atoms. The van der Waals surface area contributed by atoms with Gasteiger partial charge in [0.2, 0.25) is 0 Å². The number of hydrogen-bond acceptors (Lipinski definition) is 5. The van der Waals surface area contributed by atoms with E-state index in [2.05, 4.69) is 10.6 Å². The Kier molecular flexibility index (Phi) is 9.55. The number of nitrogens with one attached hydrogen (secondary N) is 2. The molecule has 0 aromatic rings. The van der Waals surface area contributed by atoms with Gasteiger partial charge in [-0.2, -0.15) is 0 Å². The molecule has 106 valence electrons. The van der Waals surface area contributed by atoms with Crippen molar-refractivity contribution in [3.05, 3.63) is 11.3 Å². The van der Waals surface area contributed by atoms with E-state index in [1.54, 1.807) is 0 Å². The van der Waals surface area contributed by atoms with Crippen molar-refractivity contribution >= 4 is 6.29 Å². The molecule has 0 amide bonds. The van der Waals surface area contributed by atoms with E-state index in [0.717, 1.165) is 31.2 Å². The fourth-order valence-corrected chi connectivity index (χ4v) is 1.53. The third kappa shape index (κ3) is 8.22. The van der Waals surface area contributed by atoms with Gasteiger partial charge < -0.3 is 26.3 Å². The van der Waals surface area contributed by atoms with Crippen LogP contribution in [0, 0.1) is 0 Å². The van der Waals surface area contributed by atoms with E-state index < -0.39 is 0 Å². The molecule has 0 heterocycles. The molecule has 0 radical (unpaired) electrons. The highest BCUT2D eigenvalue weighted by molar-refractivity contribution is 5.58. The lowest BCUT2D eigenvalue weighted by Crippen LogP contribution is -2.40. The monoisotopic (exact) mass is 257 g/mol. The van der Waals surface area contributed by atoms with Crippen LogP contribution in [-0.2, 0) is 4.79 Å². The minimum Gasteiger partial charge on any atom is -0.512 e. The summed E-state index contributed by atoms with van der Waals surface area (Å²) in [4.78, 5) is 10.9. The maximum atomic E-state index is 10.9. The Morgan fingerprint density at radius 1 is 1.44 bits per heavy atom. The summed E-state index contributed by atoms with van der Waals surface area (Å²) in [5, 5.41) is 15.7. The summed E-state index contributed by atoms with van der Waals surface area (Å²) in [5.74, 6) is 0.267. The van der Waals surface area contributed by atoms with Gasteiger partial charge in [0, 0.05) is 19.0 Å². The van der Waals surface area contributed by atoms with Gasteiger partial charge in [-0.3, -0.25) is 0 Å². The van der Waals surface area contributed by atoms with Crippen LogP contribution in [0.3, 0.4) is 0 Å². The van der Waals surface area contributed by atoms with Gasteiger partial charge in [0.15, 0.2) is 0 Å². The van der Waals surface area contributed by atoms with Gasteiger partial charge in [0.1, 0.15) is 6.29 Å². The summed E-state index contributed by atoms with van der Waals surface area (Å²) in [5.41, 5.74) is 6.76. The van der Waals surface area contributed by atoms with Crippen molar-refractivity contribution < 1.29 is 9.90 Å². The van der Waals surface area contributed by atoms with Crippen molar-refractivity contribution in [3.63, 3.8) is 0 Å². The molecule has 0 fully saturated rings. The summed E-state index contributed by atoms with van der Waals surface area (Å²) >= 11 is 0. The maximum Gasteiger partial charge on any atom is 0.137 e. The van der Waals surface area contributed by atoms with Crippen LogP contribution >= 0.6 is 0 Å². The molecule has 0 aliphatic heterocycles. The predicted octanol–water partition coefficient (Wildman–Crippen LogP) is 0.712. The van der Waals surface area contributed by atoms with Crippen LogP contribution in [0.15, 0.2) is 11.3 Å². The first-order valence-corrected chi connectivity index (χ1v) is 6.45. The number of allylic oxidation sites excluding steroid dienone is 1. The Morgan fingerprint density at radius 3 is 2.61 bits per heavy atom. The largest absolute Gasteiger partial charge is 0.512 e. The van der Waals surface area contributed by atoms with Gasteiger partial charge in [-0.15, -0.1) is 0 Å². The van der Waals surface area contributed by atoms with Crippen molar-refractivity contribution in [1.29, 1.82) is 0 Å². The Morgan fingerprint density at radius 2 is 2.11 bits per heavy atom. The molecule has 0 rings (SSSR count). The van der Waals surface area contributed by atoms with E-state index in [1.165, 1.54) is 0 Å². The molecule has 0 aromatic heterocycles. The van der Waals surface area contributed by atoms with Crippen LogP contribution in [0.5, 0.6) is 0 Å². The number of carbonyl (C=O) groups excluding carboxylic acids is 1. The standard InChI is InChI=1S/C13H27N3O2/c1-10(2)13(18)7-12(9-17)16-8-11(14)5-4-6-15-3/h9,11-12,15-16,18H,4-8,14H2,1-3H3/t11-,12-/m0/s1. The van der Waals surface area contributed by atoms with Gasteiger partial charge in [-0.25, -0.2) is 0 Å². The van der Waals surface area contributed by atoms with Gasteiger partial charge >= 0.3 is 0 Å². The highest BCUT2D eigenvalue weighted by Crippen LogP contribution is 2.06. The normalized spacial score (nSPS) is 14.0. The number of aliphatic hydroxyl groups excluding tert-OH is 1. The van der Waals surface area contributed by atoms with E-state index in [4.69, 9.17) is 5.73 Å². The Balaban J connectivity index is 3.93. The van der Waals surface area contributed by atoms with E-state index in [-0.39, 0.29) is 17.8 Å². The molecule has 5 N–H and O–H groups in total. The molecule has 0 unspecified atom stereocenters. The first kappa shape index (κ1) is 17.1. The summed E-state index contributed by atoms with van der Waals surface area (Å²) in [7, 11) is 1.91. The Bertz CT molecular complexity index is 263. The molecular formula is C13H27N3O2. The van der Waals surface area contributed by atoms with Crippen LogP contribution in [0.2, 0.25) is 0 Å². The van der Waals surface area contributed by atoms with Crippen LogP contribution in [0.1, 0.15) is 33.1 Å². The fourth-order valence-electron chi connectivity index (χ4n) is 1.53. The molecule has 5 nitrogen and oxygen atoms in total. The third-order valence-electron chi connectivity index (χ3n) is 2.80. The number of aldehydes is 1. The Labute approximate surface area is 110 Å². The SMILES string of the molecule is CNCCC[C@H](N)CN[C@H](C=O)CC(O)=C(C)C. The Hall–Kier alpha value is -0.910. The number of nitrogens with two attached hydrogens (primary N) is 1. The topological polar surface area (TPSA) is 87.4 Å². The first-order chi connectivity index (χ1) is 8.51. The highest BCUT2D eigenvalue weighted by atomic mass is 16.3. The molecule has 0 saturated heterocycles. The lowest BCUT2D eigenvalue weighted by molar-refractivity contribution is -0.109. The van der Waals surface area contributed by atoms with Crippen LogP contribution in [0.25, 0.3) is 0 Å². The minimum absolute atomic E-state index is 0.0367. The average molecular weight is 257 g/mol. The lowest BCUT2D eigenvalue weighted by atomic mass is 10.1. The van der Waals surface area contributed by atoms with E-state index >= 15 is 0 Å². The second-order valence-electron chi connectivity index (χ2n) is 4.81. The number of hydrogen-bond donors (Lipinski definition) is 4. The van der Waals surface area contributed by atoms with Gasteiger partial charge in [-0.1, -0.05) is 0 Å². The van der Waals surface area contributed by atoms with E-state index in [0.29, 0.717) is 13.0 Å². The molecule has 0 aromatic carbocycles. The zero-order chi connectivity index (χ0) is 14.0. The van der Waals surface area contributed by atoms with E-state index in [9.17, 15) is 9.90 Å². The van der Waals surface area contributed by atoms with Gasteiger partial charge in [-0.05, 0) is 45.9 Å². The van der Waals surface area contributed by atoms with Crippen LogP contribution in [-0.4, -0.2) is 43.6 Å².